The Bertz CT molecular complexity index is 1700. The van der Waals surface area contributed by atoms with Gasteiger partial charge in [-0.1, -0.05) is 77.8 Å². The smallest absolute Gasteiger partial charge is 0.264 e. The van der Waals surface area contributed by atoms with Gasteiger partial charge in [-0.25, -0.2) is 12.8 Å². The first kappa shape index (κ1) is 32.7. The Kier molecular flexibility index (Phi) is 10.8. The zero-order chi connectivity index (χ0) is 31.9. The quantitative estimate of drug-likeness (QED) is 0.205. The lowest BCUT2D eigenvalue weighted by Gasteiger charge is -2.34. The molecule has 0 aromatic heterocycles. The molecule has 0 spiro atoms. The van der Waals surface area contributed by atoms with E-state index in [-0.39, 0.29) is 23.5 Å². The van der Waals surface area contributed by atoms with Gasteiger partial charge in [-0.15, -0.1) is 0 Å². The van der Waals surface area contributed by atoms with Gasteiger partial charge in [0.05, 0.1) is 10.6 Å². The molecule has 1 atom stereocenters. The molecule has 4 aromatic carbocycles. The molecule has 7 nitrogen and oxygen atoms in total. The maximum absolute atomic E-state index is 14.4. The molecule has 0 saturated heterocycles. The van der Waals surface area contributed by atoms with Gasteiger partial charge in [0.1, 0.15) is 18.4 Å². The summed E-state index contributed by atoms with van der Waals surface area (Å²) in [6.45, 7) is 5.03. The summed E-state index contributed by atoms with van der Waals surface area (Å²) in [7, 11) is -4.26. The van der Waals surface area contributed by atoms with E-state index in [1.807, 2.05) is 37.3 Å². The number of rotatable bonds is 12. The summed E-state index contributed by atoms with van der Waals surface area (Å²) in [5.41, 5.74) is 3.10. The summed E-state index contributed by atoms with van der Waals surface area (Å²) >= 11 is 6.31. The molecule has 2 amide bonds. The molecular formula is C34H35ClFN3O4S. The average molecular weight is 636 g/mol. The van der Waals surface area contributed by atoms with Crippen LogP contribution in [0.15, 0.2) is 102 Å². The number of nitrogens with zero attached hydrogens (tertiary/aromatic N) is 2. The minimum atomic E-state index is -4.26. The van der Waals surface area contributed by atoms with Gasteiger partial charge in [0.15, 0.2) is 0 Å². The molecule has 0 saturated carbocycles. The molecule has 230 valence electrons. The largest absolute Gasteiger partial charge is 0.355 e. The van der Waals surface area contributed by atoms with Crippen LogP contribution in [0.4, 0.5) is 10.1 Å². The van der Waals surface area contributed by atoms with Crippen LogP contribution in [-0.2, 0) is 32.6 Å². The third-order valence-electron chi connectivity index (χ3n) is 7.22. The summed E-state index contributed by atoms with van der Waals surface area (Å²) in [6.07, 6.45) is 0.181. The fourth-order valence-corrected chi connectivity index (χ4v) is 6.47. The predicted octanol–water partition coefficient (Wildman–Crippen LogP) is 6.07. The lowest BCUT2D eigenvalue weighted by atomic mass is 10.0. The molecule has 0 fully saturated rings. The highest BCUT2D eigenvalue weighted by molar-refractivity contribution is 7.92. The van der Waals surface area contributed by atoms with Crippen molar-refractivity contribution in [1.29, 1.82) is 0 Å². The van der Waals surface area contributed by atoms with Crippen LogP contribution in [0.5, 0.6) is 0 Å². The van der Waals surface area contributed by atoms with Crippen LogP contribution in [0, 0.1) is 19.7 Å². The minimum absolute atomic E-state index is 0.00456. The van der Waals surface area contributed by atoms with Crippen LogP contribution in [0.1, 0.15) is 29.2 Å². The number of benzene rings is 4. The van der Waals surface area contributed by atoms with Gasteiger partial charge in [-0.05, 0) is 73.9 Å². The van der Waals surface area contributed by atoms with Gasteiger partial charge >= 0.3 is 0 Å². The molecule has 0 radical (unpaired) electrons. The highest BCUT2D eigenvalue weighted by Gasteiger charge is 2.35. The van der Waals surface area contributed by atoms with Crippen molar-refractivity contribution < 1.29 is 22.4 Å². The number of aryl methyl sites for hydroxylation is 2. The zero-order valence-corrected chi connectivity index (χ0v) is 26.4. The van der Waals surface area contributed by atoms with Gasteiger partial charge in [0, 0.05) is 24.5 Å². The van der Waals surface area contributed by atoms with Crippen molar-refractivity contribution in [3.63, 3.8) is 0 Å². The highest BCUT2D eigenvalue weighted by Crippen LogP contribution is 2.30. The fourth-order valence-electron chi connectivity index (χ4n) is 4.83. The number of hydrogen-bond donors (Lipinski definition) is 1. The van der Waals surface area contributed by atoms with Crippen LogP contribution in [0.2, 0.25) is 5.02 Å². The minimum Gasteiger partial charge on any atom is -0.355 e. The van der Waals surface area contributed by atoms with E-state index >= 15 is 0 Å². The summed E-state index contributed by atoms with van der Waals surface area (Å²) < 4.78 is 43.1. The summed E-state index contributed by atoms with van der Waals surface area (Å²) in [4.78, 5) is 29.3. The normalized spacial score (nSPS) is 11.9. The number of likely N-dealkylation sites (N-methyl/N-ethyl adjacent to an activating group) is 1. The van der Waals surface area contributed by atoms with Crippen LogP contribution in [0.25, 0.3) is 0 Å². The first-order valence-corrected chi connectivity index (χ1v) is 16.0. The Morgan fingerprint density at radius 2 is 1.55 bits per heavy atom. The molecule has 1 unspecified atom stereocenters. The standard InChI is InChI=1S/C34H35ClFN3O4S/c1-4-37-34(41)32(20-26-8-6-5-7-9-26)38(22-27-13-16-29(36)17-14-27)33(40)23-39(31-21-28(35)15-12-25(31)3)44(42,43)30-18-10-24(2)11-19-30/h5-19,21,32H,4,20,22-23H2,1-3H3,(H,37,41). The van der Waals surface area contributed by atoms with Crippen molar-refractivity contribution in [3.8, 4) is 0 Å². The van der Waals surface area contributed by atoms with E-state index in [0.717, 1.165) is 15.4 Å². The fraction of sp³-hybridized carbons (Fsp3) is 0.235. The van der Waals surface area contributed by atoms with Crippen LogP contribution < -0.4 is 9.62 Å². The third kappa shape index (κ3) is 8.03. The lowest BCUT2D eigenvalue weighted by molar-refractivity contribution is -0.140. The van der Waals surface area contributed by atoms with Crippen LogP contribution >= 0.6 is 11.6 Å². The molecule has 0 bridgehead atoms. The maximum atomic E-state index is 14.4. The Hall–Kier alpha value is -4.21. The van der Waals surface area contributed by atoms with E-state index in [4.69, 9.17) is 11.6 Å². The number of anilines is 1. The number of hydrogen-bond acceptors (Lipinski definition) is 4. The molecule has 0 aliphatic rings. The van der Waals surface area contributed by atoms with Crippen molar-refractivity contribution in [3.05, 3.63) is 130 Å². The van der Waals surface area contributed by atoms with E-state index in [2.05, 4.69) is 5.32 Å². The maximum Gasteiger partial charge on any atom is 0.264 e. The molecule has 10 heteroatoms. The second-order valence-electron chi connectivity index (χ2n) is 10.5. The van der Waals surface area contributed by atoms with Gasteiger partial charge in [-0.3, -0.25) is 13.9 Å². The van der Waals surface area contributed by atoms with Gasteiger partial charge in [0.25, 0.3) is 10.0 Å². The van der Waals surface area contributed by atoms with E-state index in [1.54, 1.807) is 38.1 Å². The van der Waals surface area contributed by atoms with Crippen molar-refractivity contribution in [2.45, 2.75) is 44.7 Å². The van der Waals surface area contributed by atoms with Crippen LogP contribution in [0.3, 0.4) is 0 Å². The molecule has 0 heterocycles. The Morgan fingerprint density at radius 3 is 2.18 bits per heavy atom. The van der Waals surface area contributed by atoms with Gasteiger partial charge in [-0.2, -0.15) is 0 Å². The molecule has 1 N–H and O–H groups in total. The molecule has 4 rings (SSSR count). The highest BCUT2D eigenvalue weighted by atomic mass is 35.5. The number of carbonyl (C=O) groups excluding carboxylic acids is 2. The molecular weight excluding hydrogens is 601 g/mol. The van der Waals surface area contributed by atoms with E-state index in [0.29, 0.717) is 22.7 Å². The first-order chi connectivity index (χ1) is 21.0. The van der Waals surface area contributed by atoms with Crippen molar-refractivity contribution >= 4 is 39.1 Å². The third-order valence-corrected chi connectivity index (χ3v) is 9.23. The lowest BCUT2D eigenvalue weighted by Crippen LogP contribution is -2.53. The monoisotopic (exact) mass is 635 g/mol. The summed E-state index contributed by atoms with van der Waals surface area (Å²) in [6, 6.07) is 25.1. The zero-order valence-electron chi connectivity index (χ0n) is 24.8. The van der Waals surface area contributed by atoms with Crippen molar-refractivity contribution in [1.82, 2.24) is 10.2 Å². The first-order valence-electron chi connectivity index (χ1n) is 14.2. The number of amides is 2. The summed E-state index contributed by atoms with van der Waals surface area (Å²) in [5.74, 6) is -1.45. The Labute approximate surface area is 263 Å². The summed E-state index contributed by atoms with van der Waals surface area (Å²) in [5, 5.41) is 3.12. The molecule has 0 aliphatic heterocycles. The second-order valence-corrected chi connectivity index (χ2v) is 12.8. The predicted molar refractivity (Wildman–Crippen MR) is 171 cm³/mol. The number of carbonyl (C=O) groups is 2. The van der Waals surface area contributed by atoms with Gasteiger partial charge in [0.2, 0.25) is 11.8 Å². The Morgan fingerprint density at radius 1 is 0.886 bits per heavy atom. The number of halogens is 2. The van der Waals surface area contributed by atoms with Gasteiger partial charge < -0.3 is 10.2 Å². The number of sulfonamides is 1. The SMILES string of the molecule is CCNC(=O)C(Cc1ccccc1)N(Cc1ccc(F)cc1)C(=O)CN(c1cc(Cl)ccc1C)S(=O)(=O)c1ccc(C)cc1. The molecule has 4 aromatic rings. The van der Waals surface area contributed by atoms with E-state index in [9.17, 15) is 22.4 Å². The molecule has 0 aliphatic carbocycles. The van der Waals surface area contributed by atoms with E-state index < -0.39 is 40.2 Å². The number of nitrogens with one attached hydrogen (secondary N) is 1. The van der Waals surface area contributed by atoms with Crippen LogP contribution in [-0.4, -0.2) is 44.3 Å². The molecule has 44 heavy (non-hydrogen) atoms. The Balaban J connectivity index is 1.82. The average Bonchev–Trinajstić information content (AvgIpc) is 3.00. The second kappa shape index (κ2) is 14.5. The van der Waals surface area contributed by atoms with E-state index in [1.165, 1.54) is 47.4 Å². The van der Waals surface area contributed by atoms with Crippen molar-refractivity contribution in [2.24, 2.45) is 0 Å². The van der Waals surface area contributed by atoms with Crippen molar-refractivity contribution in [2.75, 3.05) is 17.4 Å². The topological polar surface area (TPSA) is 86.8 Å².